The second-order valence-electron chi connectivity index (χ2n) is 5.33. The standard InChI is InChI=1S/C15H16ClN5O2/c1-8-13-14(18-19-15(13)21(2)20-8)17-12(23)7-11(22)9-3-5-10(16)6-4-9/h3-6,11,22H,7H2,1-2H3,(H2,17,18,19,23). The second kappa shape index (κ2) is 6.02. The van der Waals surface area contributed by atoms with Crippen molar-refractivity contribution in [2.24, 2.45) is 7.05 Å². The van der Waals surface area contributed by atoms with Gasteiger partial charge in [0.2, 0.25) is 5.91 Å². The lowest BCUT2D eigenvalue weighted by atomic mass is 10.1. The zero-order valence-electron chi connectivity index (χ0n) is 12.7. The van der Waals surface area contributed by atoms with Crippen molar-refractivity contribution in [3.8, 4) is 0 Å². The van der Waals surface area contributed by atoms with Gasteiger partial charge in [-0.25, -0.2) is 4.68 Å². The van der Waals surface area contributed by atoms with Crippen LogP contribution in [0.5, 0.6) is 0 Å². The number of amides is 1. The van der Waals surface area contributed by atoms with Crippen molar-refractivity contribution in [1.82, 2.24) is 20.0 Å². The molecule has 1 atom stereocenters. The van der Waals surface area contributed by atoms with E-state index in [-0.39, 0.29) is 12.3 Å². The first kappa shape index (κ1) is 15.5. The normalized spacial score (nSPS) is 12.5. The van der Waals surface area contributed by atoms with Crippen LogP contribution in [-0.4, -0.2) is 31.0 Å². The van der Waals surface area contributed by atoms with E-state index in [9.17, 15) is 9.90 Å². The number of benzene rings is 1. The maximum absolute atomic E-state index is 12.2. The molecule has 2 heterocycles. The molecular weight excluding hydrogens is 318 g/mol. The highest BCUT2D eigenvalue weighted by Gasteiger charge is 2.18. The molecule has 1 aromatic carbocycles. The number of carbonyl (C=O) groups is 1. The first-order valence-corrected chi connectivity index (χ1v) is 7.44. The number of aliphatic hydroxyl groups excluding tert-OH is 1. The van der Waals surface area contributed by atoms with Crippen molar-refractivity contribution >= 4 is 34.4 Å². The number of aryl methyl sites for hydroxylation is 2. The van der Waals surface area contributed by atoms with Gasteiger partial charge < -0.3 is 10.4 Å². The summed E-state index contributed by atoms with van der Waals surface area (Å²) in [7, 11) is 1.78. The highest BCUT2D eigenvalue weighted by molar-refractivity contribution is 6.30. The number of aromatic nitrogens is 4. The number of hydrogen-bond acceptors (Lipinski definition) is 4. The summed E-state index contributed by atoms with van der Waals surface area (Å²) in [5.74, 6) is 0.167. The molecule has 1 unspecified atom stereocenters. The maximum atomic E-state index is 12.2. The van der Waals surface area contributed by atoms with E-state index in [1.54, 1.807) is 36.0 Å². The van der Waals surface area contributed by atoms with Crippen LogP contribution in [0, 0.1) is 6.92 Å². The fraction of sp³-hybridized carbons (Fsp3) is 0.267. The Bertz CT molecular complexity index is 853. The molecule has 7 nitrogen and oxygen atoms in total. The topological polar surface area (TPSA) is 95.8 Å². The van der Waals surface area contributed by atoms with Gasteiger partial charge >= 0.3 is 0 Å². The first-order valence-electron chi connectivity index (χ1n) is 7.06. The van der Waals surface area contributed by atoms with Crippen LogP contribution in [-0.2, 0) is 11.8 Å². The number of anilines is 1. The van der Waals surface area contributed by atoms with Crippen LogP contribution in [0.3, 0.4) is 0 Å². The average molecular weight is 334 g/mol. The van der Waals surface area contributed by atoms with Crippen molar-refractivity contribution in [2.45, 2.75) is 19.4 Å². The minimum absolute atomic E-state index is 0.0680. The van der Waals surface area contributed by atoms with Crippen LogP contribution >= 0.6 is 11.6 Å². The van der Waals surface area contributed by atoms with Crippen molar-refractivity contribution in [3.63, 3.8) is 0 Å². The molecule has 3 aromatic rings. The van der Waals surface area contributed by atoms with Crippen LogP contribution in [0.2, 0.25) is 5.02 Å². The van der Waals surface area contributed by atoms with Crippen LogP contribution < -0.4 is 5.32 Å². The Morgan fingerprint density at radius 1 is 1.43 bits per heavy atom. The third kappa shape index (κ3) is 3.06. The van der Waals surface area contributed by atoms with Gasteiger partial charge in [0.1, 0.15) is 5.82 Å². The molecule has 0 spiro atoms. The van der Waals surface area contributed by atoms with Gasteiger partial charge in [-0.15, -0.1) is 0 Å². The Hall–Kier alpha value is -2.38. The third-order valence-corrected chi connectivity index (χ3v) is 3.87. The minimum atomic E-state index is -0.902. The van der Waals surface area contributed by atoms with E-state index >= 15 is 0 Å². The highest BCUT2D eigenvalue weighted by atomic mass is 35.5. The van der Waals surface area contributed by atoms with Crippen LogP contribution in [0.25, 0.3) is 11.0 Å². The van der Waals surface area contributed by atoms with E-state index in [0.717, 1.165) is 11.1 Å². The lowest BCUT2D eigenvalue weighted by molar-refractivity contribution is -0.118. The molecular formula is C15H16ClN5O2. The molecule has 0 saturated carbocycles. The van der Waals surface area contributed by atoms with E-state index in [1.807, 2.05) is 6.92 Å². The van der Waals surface area contributed by atoms with Gasteiger partial charge in [-0.2, -0.15) is 10.2 Å². The number of nitrogens with zero attached hydrogens (tertiary/aromatic N) is 3. The summed E-state index contributed by atoms with van der Waals surface area (Å²) in [6, 6.07) is 6.74. The predicted octanol–water partition coefficient (Wildman–Crippen LogP) is 2.32. The lowest BCUT2D eigenvalue weighted by Crippen LogP contribution is -2.16. The molecule has 3 N–H and O–H groups in total. The van der Waals surface area contributed by atoms with Crippen molar-refractivity contribution in [3.05, 3.63) is 40.5 Å². The summed E-state index contributed by atoms with van der Waals surface area (Å²) < 4.78 is 1.64. The van der Waals surface area contributed by atoms with E-state index in [2.05, 4.69) is 20.6 Å². The molecule has 2 aromatic heterocycles. The van der Waals surface area contributed by atoms with E-state index in [0.29, 0.717) is 22.1 Å². The van der Waals surface area contributed by atoms with E-state index < -0.39 is 6.10 Å². The van der Waals surface area contributed by atoms with Crippen LogP contribution in [0.15, 0.2) is 24.3 Å². The van der Waals surface area contributed by atoms with E-state index in [1.165, 1.54) is 0 Å². The fourth-order valence-corrected chi connectivity index (χ4v) is 2.62. The Kier molecular flexibility index (Phi) is 4.06. The molecule has 0 fully saturated rings. The zero-order chi connectivity index (χ0) is 16.6. The average Bonchev–Trinajstić information content (AvgIpc) is 3.02. The van der Waals surface area contributed by atoms with Gasteiger partial charge in [-0.1, -0.05) is 23.7 Å². The maximum Gasteiger partial charge on any atom is 0.228 e. The van der Waals surface area contributed by atoms with Gasteiger partial charge in [0, 0.05) is 12.1 Å². The number of rotatable bonds is 4. The summed E-state index contributed by atoms with van der Waals surface area (Å²) in [4.78, 5) is 12.2. The Morgan fingerprint density at radius 2 is 2.13 bits per heavy atom. The van der Waals surface area contributed by atoms with Crippen molar-refractivity contribution < 1.29 is 9.90 Å². The lowest BCUT2D eigenvalue weighted by Gasteiger charge is -2.10. The molecule has 0 aliphatic heterocycles. The number of hydrogen-bond donors (Lipinski definition) is 3. The molecule has 0 aliphatic carbocycles. The zero-order valence-corrected chi connectivity index (χ0v) is 13.4. The SMILES string of the molecule is Cc1nn(C)c2n[nH]c(NC(=O)CC(O)c3ccc(Cl)cc3)c12. The highest BCUT2D eigenvalue weighted by Crippen LogP contribution is 2.24. The molecule has 0 aliphatic rings. The second-order valence-corrected chi connectivity index (χ2v) is 5.76. The Morgan fingerprint density at radius 3 is 2.83 bits per heavy atom. The first-order chi connectivity index (χ1) is 11.0. The molecule has 0 radical (unpaired) electrons. The van der Waals surface area contributed by atoms with Gasteiger partial charge in [0.25, 0.3) is 0 Å². The van der Waals surface area contributed by atoms with Crippen LogP contribution in [0.4, 0.5) is 5.82 Å². The monoisotopic (exact) mass is 333 g/mol. The summed E-state index contributed by atoms with van der Waals surface area (Å²) >= 11 is 5.81. The van der Waals surface area contributed by atoms with Crippen molar-refractivity contribution in [2.75, 3.05) is 5.32 Å². The summed E-state index contributed by atoms with van der Waals surface area (Å²) in [6.45, 7) is 1.84. The van der Waals surface area contributed by atoms with E-state index in [4.69, 9.17) is 11.6 Å². The number of halogens is 1. The number of fused-ring (bicyclic) bond motifs is 1. The molecule has 120 valence electrons. The van der Waals surface area contributed by atoms with Gasteiger partial charge in [0.15, 0.2) is 5.65 Å². The van der Waals surface area contributed by atoms with Gasteiger partial charge in [-0.3, -0.25) is 9.89 Å². The number of aliphatic hydroxyl groups is 1. The molecule has 0 saturated heterocycles. The smallest absolute Gasteiger partial charge is 0.228 e. The van der Waals surface area contributed by atoms with Gasteiger partial charge in [-0.05, 0) is 24.6 Å². The Balaban J connectivity index is 1.72. The van der Waals surface area contributed by atoms with Crippen LogP contribution in [0.1, 0.15) is 23.8 Å². The molecule has 3 rings (SSSR count). The Labute approximate surface area is 137 Å². The number of aromatic amines is 1. The minimum Gasteiger partial charge on any atom is -0.388 e. The predicted molar refractivity (Wildman–Crippen MR) is 87.3 cm³/mol. The quantitative estimate of drug-likeness (QED) is 0.682. The van der Waals surface area contributed by atoms with Gasteiger partial charge in [0.05, 0.1) is 23.6 Å². The number of H-pyrrole nitrogens is 1. The number of nitrogens with one attached hydrogen (secondary N) is 2. The molecule has 23 heavy (non-hydrogen) atoms. The van der Waals surface area contributed by atoms with Crippen molar-refractivity contribution in [1.29, 1.82) is 0 Å². The summed E-state index contributed by atoms with van der Waals surface area (Å²) in [6.07, 6.45) is -0.970. The summed E-state index contributed by atoms with van der Waals surface area (Å²) in [5.41, 5.74) is 2.07. The number of carbonyl (C=O) groups excluding carboxylic acids is 1. The molecule has 1 amide bonds. The molecule has 8 heteroatoms. The largest absolute Gasteiger partial charge is 0.388 e. The molecule has 0 bridgehead atoms. The fourth-order valence-electron chi connectivity index (χ4n) is 2.49. The third-order valence-electron chi connectivity index (χ3n) is 3.61. The summed E-state index contributed by atoms with van der Waals surface area (Å²) in [5, 5.41) is 25.4.